The molecule has 2 nitrogen and oxygen atoms in total. The van der Waals surface area contributed by atoms with Gasteiger partial charge >= 0.3 is 0 Å². The minimum absolute atomic E-state index is 0.0799. The van der Waals surface area contributed by atoms with E-state index in [4.69, 9.17) is 0 Å². The van der Waals surface area contributed by atoms with Crippen LogP contribution in [0.3, 0.4) is 0 Å². The Kier molecular flexibility index (Phi) is 4.14. The Bertz CT molecular complexity index is 241. The van der Waals surface area contributed by atoms with Gasteiger partial charge in [0.25, 0.3) is 0 Å². The summed E-state index contributed by atoms with van der Waals surface area (Å²) in [4.78, 5) is 2.50. The van der Waals surface area contributed by atoms with Crippen LogP contribution in [0.5, 0.6) is 0 Å². The average Bonchev–Trinajstić information content (AvgIpc) is 2.29. The molecule has 0 heterocycles. The zero-order chi connectivity index (χ0) is 12.5. The molecule has 0 aromatic carbocycles. The topological polar surface area (TPSA) is 23.5 Å². The second-order valence-electron chi connectivity index (χ2n) is 6.98. The van der Waals surface area contributed by atoms with Crippen molar-refractivity contribution in [3.05, 3.63) is 0 Å². The third-order valence-corrected chi connectivity index (χ3v) is 5.10. The second-order valence-corrected chi connectivity index (χ2v) is 6.98. The van der Waals surface area contributed by atoms with Crippen molar-refractivity contribution in [1.29, 1.82) is 0 Å². The van der Waals surface area contributed by atoms with Crippen molar-refractivity contribution in [1.82, 2.24) is 4.90 Å². The lowest BCUT2D eigenvalue weighted by Crippen LogP contribution is -2.49. The molecule has 0 saturated heterocycles. The van der Waals surface area contributed by atoms with Crippen LogP contribution in [-0.2, 0) is 0 Å². The third-order valence-electron chi connectivity index (χ3n) is 5.10. The minimum Gasteiger partial charge on any atom is -0.391 e. The van der Waals surface area contributed by atoms with Gasteiger partial charge in [-0.25, -0.2) is 0 Å². The molecule has 2 aliphatic rings. The summed E-state index contributed by atoms with van der Waals surface area (Å²) in [5, 5.41) is 10.1. The van der Waals surface area contributed by atoms with Crippen LogP contribution < -0.4 is 0 Å². The first-order chi connectivity index (χ1) is 7.99. The van der Waals surface area contributed by atoms with Crippen LogP contribution in [0, 0.1) is 5.41 Å². The summed E-state index contributed by atoms with van der Waals surface area (Å²) < 4.78 is 0. The molecule has 0 radical (unpaired) electrons. The molecule has 0 amide bonds. The van der Waals surface area contributed by atoms with Crippen molar-refractivity contribution in [2.75, 3.05) is 7.05 Å². The number of hydrogen-bond acceptors (Lipinski definition) is 2. The maximum Gasteiger partial charge on any atom is 0.0695 e. The summed E-state index contributed by atoms with van der Waals surface area (Å²) in [5.41, 5.74) is 0.544. The number of hydrogen-bond donors (Lipinski definition) is 1. The fourth-order valence-electron chi connectivity index (χ4n) is 3.63. The lowest BCUT2D eigenvalue weighted by atomic mass is 9.75. The smallest absolute Gasteiger partial charge is 0.0695 e. The molecule has 0 bridgehead atoms. The SMILES string of the molecule is CN(C1CCC(C)(C)CC1)[C@H]1CCCC[C@@H]1O. The van der Waals surface area contributed by atoms with E-state index < -0.39 is 0 Å². The first-order valence-electron chi connectivity index (χ1n) is 7.40. The van der Waals surface area contributed by atoms with Crippen molar-refractivity contribution in [2.24, 2.45) is 5.41 Å². The van der Waals surface area contributed by atoms with Gasteiger partial charge in [-0.2, -0.15) is 0 Å². The molecule has 0 aliphatic heterocycles. The van der Waals surface area contributed by atoms with Gasteiger partial charge in [0.05, 0.1) is 6.10 Å². The number of aliphatic hydroxyl groups excluding tert-OH is 1. The monoisotopic (exact) mass is 239 g/mol. The summed E-state index contributed by atoms with van der Waals surface area (Å²) in [6.45, 7) is 4.78. The maximum absolute atomic E-state index is 10.1. The Morgan fingerprint density at radius 2 is 1.59 bits per heavy atom. The van der Waals surface area contributed by atoms with Gasteiger partial charge in [-0.15, -0.1) is 0 Å². The largest absolute Gasteiger partial charge is 0.391 e. The van der Waals surface area contributed by atoms with E-state index in [0.29, 0.717) is 17.5 Å². The Labute approximate surface area is 106 Å². The van der Waals surface area contributed by atoms with Crippen LogP contribution in [0.25, 0.3) is 0 Å². The highest BCUT2D eigenvalue weighted by Crippen LogP contribution is 2.38. The zero-order valence-corrected chi connectivity index (χ0v) is 11.8. The first kappa shape index (κ1) is 13.4. The number of likely N-dealkylation sites (N-methyl/N-ethyl adjacent to an activating group) is 1. The predicted octanol–water partition coefficient (Wildman–Crippen LogP) is 3.19. The number of aliphatic hydroxyl groups is 1. The fourth-order valence-corrected chi connectivity index (χ4v) is 3.63. The first-order valence-corrected chi connectivity index (χ1v) is 7.40. The zero-order valence-electron chi connectivity index (χ0n) is 11.8. The lowest BCUT2D eigenvalue weighted by molar-refractivity contribution is -0.00329. The Morgan fingerprint density at radius 1 is 1.00 bits per heavy atom. The normalized spacial score (nSPS) is 35.1. The molecule has 2 rings (SSSR count). The summed E-state index contributed by atoms with van der Waals surface area (Å²) in [6.07, 6.45) is 9.93. The van der Waals surface area contributed by atoms with E-state index >= 15 is 0 Å². The highest BCUT2D eigenvalue weighted by Gasteiger charge is 2.34. The number of rotatable bonds is 2. The van der Waals surface area contributed by atoms with Gasteiger partial charge in [0.2, 0.25) is 0 Å². The molecular formula is C15H29NO. The molecule has 0 aromatic rings. The van der Waals surface area contributed by atoms with Crippen LogP contribution >= 0.6 is 0 Å². The Hall–Kier alpha value is -0.0800. The van der Waals surface area contributed by atoms with Crippen molar-refractivity contribution in [3.8, 4) is 0 Å². The summed E-state index contributed by atoms with van der Waals surface area (Å²) in [5.74, 6) is 0. The van der Waals surface area contributed by atoms with Gasteiger partial charge in [0, 0.05) is 12.1 Å². The minimum atomic E-state index is -0.0799. The van der Waals surface area contributed by atoms with Gasteiger partial charge in [0.1, 0.15) is 0 Å². The van der Waals surface area contributed by atoms with Gasteiger partial charge in [-0.1, -0.05) is 26.7 Å². The van der Waals surface area contributed by atoms with E-state index in [9.17, 15) is 5.11 Å². The summed E-state index contributed by atoms with van der Waals surface area (Å²) >= 11 is 0. The standard InChI is InChI=1S/C15H29NO/c1-15(2)10-8-12(9-11-15)16(3)13-6-4-5-7-14(13)17/h12-14,17H,4-11H2,1-3H3/t13-,14-/m0/s1. The third kappa shape index (κ3) is 3.23. The fraction of sp³-hybridized carbons (Fsp3) is 1.00. The molecule has 17 heavy (non-hydrogen) atoms. The van der Waals surface area contributed by atoms with Crippen molar-refractivity contribution in [2.45, 2.75) is 83.4 Å². The van der Waals surface area contributed by atoms with Crippen molar-refractivity contribution in [3.63, 3.8) is 0 Å². The Morgan fingerprint density at radius 3 is 2.18 bits per heavy atom. The summed E-state index contributed by atoms with van der Waals surface area (Å²) in [7, 11) is 2.24. The van der Waals surface area contributed by atoms with E-state index in [1.807, 2.05) is 0 Å². The molecule has 100 valence electrons. The Balaban J connectivity index is 1.89. The van der Waals surface area contributed by atoms with Crippen LogP contribution in [0.2, 0.25) is 0 Å². The van der Waals surface area contributed by atoms with E-state index in [-0.39, 0.29) is 6.10 Å². The van der Waals surface area contributed by atoms with E-state index in [0.717, 1.165) is 6.42 Å². The van der Waals surface area contributed by atoms with E-state index in [1.165, 1.54) is 44.9 Å². The molecule has 2 aliphatic carbocycles. The van der Waals surface area contributed by atoms with Crippen molar-refractivity contribution < 1.29 is 5.11 Å². The van der Waals surface area contributed by atoms with Crippen molar-refractivity contribution >= 4 is 0 Å². The molecule has 2 heteroatoms. The van der Waals surface area contributed by atoms with Gasteiger partial charge < -0.3 is 5.11 Å². The highest BCUT2D eigenvalue weighted by molar-refractivity contribution is 4.89. The van der Waals surface area contributed by atoms with Crippen LogP contribution in [0.15, 0.2) is 0 Å². The second kappa shape index (κ2) is 5.27. The number of nitrogens with zero attached hydrogens (tertiary/aromatic N) is 1. The van der Waals surface area contributed by atoms with E-state index in [1.54, 1.807) is 0 Å². The molecular weight excluding hydrogens is 210 g/mol. The lowest BCUT2D eigenvalue weighted by Gasteiger charge is -2.44. The molecule has 2 atom stereocenters. The van der Waals surface area contributed by atoms with E-state index in [2.05, 4.69) is 25.8 Å². The van der Waals surface area contributed by atoms with Crippen LogP contribution in [-0.4, -0.2) is 35.2 Å². The molecule has 0 spiro atoms. The molecule has 0 aromatic heterocycles. The maximum atomic E-state index is 10.1. The van der Waals surface area contributed by atoms with Crippen LogP contribution in [0.4, 0.5) is 0 Å². The van der Waals surface area contributed by atoms with Gasteiger partial charge in [-0.05, 0) is 51.0 Å². The average molecular weight is 239 g/mol. The van der Waals surface area contributed by atoms with Gasteiger partial charge in [-0.3, -0.25) is 4.90 Å². The van der Waals surface area contributed by atoms with Gasteiger partial charge in [0.15, 0.2) is 0 Å². The molecule has 2 saturated carbocycles. The molecule has 0 unspecified atom stereocenters. The highest BCUT2D eigenvalue weighted by atomic mass is 16.3. The predicted molar refractivity (Wildman–Crippen MR) is 72.1 cm³/mol. The van der Waals surface area contributed by atoms with Crippen LogP contribution in [0.1, 0.15) is 65.2 Å². The summed E-state index contributed by atoms with van der Waals surface area (Å²) in [6, 6.07) is 1.13. The molecule has 1 N–H and O–H groups in total. The molecule has 2 fully saturated rings. The quantitative estimate of drug-likeness (QED) is 0.800.